The SMILES string of the molecule is CC(C)(C)OC(=O)N1CCC(CO)(CC2CO2)C1. The summed E-state index contributed by atoms with van der Waals surface area (Å²) in [5.41, 5.74) is -0.667. The molecule has 0 aromatic rings. The van der Waals surface area contributed by atoms with Crippen molar-refractivity contribution in [3.05, 3.63) is 0 Å². The van der Waals surface area contributed by atoms with E-state index in [9.17, 15) is 9.90 Å². The van der Waals surface area contributed by atoms with Crippen LogP contribution < -0.4 is 0 Å². The number of nitrogens with zero attached hydrogens (tertiary/aromatic N) is 1. The first-order valence-corrected chi connectivity index (χ1v) is 6.54. The zero-order valence-electron chi connectivity index (χ0n) is 11.4. The molecule has 5 nitrogen and oxygen atoms in total. The van der Waals surface area contributed by atoms with E-state index in [1.165, 1.54) is 0 Å². The smallest absolute Gasteiger partial charge is 0.410 e. The fourth-order valence-electron chi connectivity index (χ4n) is 2.45. The maximum atomic E-state index is 12.0. The number of carbonyl (C=O) groups excluding carboxylic acids is 1. The lowest BCUT2D eigenvalue weighted by Crippen LogP contribution is -2.38. The van der Waals surface area contributed by atoms with E-state index in [4.69, 9.17) is 9.47 Å². The molecule has 0 saturated carbocycles. The van der Waals surface area contributed by atoms with Gasteiger partial charge in [0.25, 0.3) is 0 Å². The van der Waals surface area contributed by atoms with Gasteiger partial charge in [-0.1, -0.05) is 0 Å². The highest BCUT2D eigenvalue weighted by atomic mass is 16.6. The second-order valence-corrected chi connectivity index (χ2v) is 6.47. The van der Waals surface area contributed by atoms with Crippen LogP contribution in [0.3, 0.4) is 0 Å². The van der Waals surface area contributed by atoms with Crippen molar-refractivity contribution in [1.29, 1.82) is 0 Å². The number of hydrogen-bond acceptors (Lipinski definition) is 4. The van der Waals surface area contributed by atoms with Gasteiger partial charge in [0.05, 0.1) is 19.3 Å². The number of hydrogen-bond donors (Lipinski definition) is 1. The van der Waals surface area contributed by atoms with Crippen LogP contribution in [0.2, 0.25) is 0 Å². The second-order valence-electron chi connectivity index (χ2n) is 6.47. The third-order valence-corrected chi connectivity index (χ3v) is 3.49. The van der Waals surface area contributed by atoms with E-state index in [1.807, 2.05) is 20.8 Å². The molecule has 0 spiro atoms. The summed E-state index contributed by atoms with van der Waals surface area (Å²) in [6, 6.07) is 0. The Morgan fingerprint density at radius 1 is 1.56 bits per heavy atom. The van der Waals surface area contributed by atoms with Gasteiger partial charge in [-0.15, -0.1) is 0 Å². The van der Waals surface area contributed by atoms with Crippen LogP contribution in [0.25, 0.3) is 0 Å². The third kappa shape index (κ3) is 3.36. The molecule has 2 fully saturated rings. The van der Waals surface area contributed by atoms with Gasteiger partial charge >= 0.3 is 6.09 Å². The fraction of sp³-hybridized carbons (Fsp3) is 0.923. The van der Waals surface area contributed by atoms with Gasteiger partial charge in [-0.3, -0.25) is 0 Å². The van der Waals surface area contributed by atoms with E-state index < -0.39 is 5.60 Å². The van der Waals surface area contributed by atoms with Gasteiger partial charge in [-0.05, 0) is 33.6 Å². The van der Waals surface area contributed by atoms with Crippen LogP contribution in [-0.2, 0) is 9.47 Å². The van der Waals surface area contributed by atoms with E-state index in [0.29, 0.717) is 13.1 Å². The quantitative estimate of drug-likeness (QED) is 0.776. The van der Waals surface area contributed by atoms with Gasteiger partial charge in [-0.2, -0.15) is 0 Å². The molecule has 0 radical (unpaired) electrons. The fourth-order valence-corrected chi connectivity index (χ4v) is 2.45. The topological polar surface area (TPSA) is 62.3 Å². The summed E-state index contributed by atoms with van der Waals surface area (Å²) in [6.45, 7) is 7.69. The van der Waals surface area contributed by atoms with Gasteiger partial charge in [0.2, 0.25) is 0 Å². The van der Waals surface area contributed by atoms with E-state index in [-0.39, 0.29) is 24.2 Å². The molecule has 2 saturated heterocycles. The number of epoxide rings is 1. The lowest BCUT2D eigenvalue weighted by atomic mass is 9.83. The molecule has 2 rings (SSSR count). The molecule has 0 aromatic carbocycles. The molecule has 2 aliphatic rings. The van der Waals surface area contributed by atoms with Crippen molar-refractivity contribution >= 4 is 6.09 Å². The first kappa shape index (κ1) is 13.6. The van der Waals surface area contributed by atoms with Crippen LogP contribution in [0.1, 0.15) is 33.6 Å². The Morgan fingerprint density at radius 2 is 2.22 bits per heavy atom. The maximum absolute atomic E-state index is 12.0. The molecule has 1 amide bonds. The number of aliphatic hydroxyl groups is 1. The summed E-state index contributed by atoms with van der Waals surface area (Å²) in [5.74, 6) is 0. The third-order valence-electron chi connectivity index (χ3n) is 3.49. The minimum absolute atomic E-state index is 0.103. The van der Waals surface area contributed by atoms with Crippen molar-refractivity contribution in [2.45, 2.75) is 45.3 Å². The van der Waals surface area contributed by atoms with Gasteiger partial charge < -0.3 is 19.5 Å². The summed E-state index contributed by atoms with van der Waals surface area (Å²) in [5, 5.41) is 9.59. The number of ether oxygens (including phenoxy) is 2. The zero-order chi connectivity index (χ0) is 13.4. The van der Waals surface area contributed by atoms with E-state index in [1.54, 1.807) is 4.90 Å². The average Bonchev–Trinajstić information content (AvgIpc) is 2.93. The Bertz CT molecular complexity index is 321. The second kappa shape index (κ2) is 4.70. The Hall–Kier alpha value is -0.810. The first-order valence-electron chi connectivity index (χ1n) is 6.54. The summed E-state index contributed by atoms with van der Waals surface area (Å²) in [7, 11) is 0. The van der Waals surface area contributed by atoms with Crippen molar-refractivity contribution in [1.82, 2.24) is 4.90 Å². The van der Waals surface area contributed by atoms with Crippen molar-refractivity contribution in [2.24, 2.45) is 5.41 Å². The number of carbonyl (C=O) groups is 1. The van der Waals surface area contributed by atoms with E-state index in [2.05, 4.69) is 0 Å². The molecule has 2 aliphatic heterocycles. The normalized spacial score (nSPS) is 31.6. The first-order chi connectivity index (χ1) is 8.34. The van der Waals surface area contributed by atoms with Crippen LogP contribution in [0.5, 0.6) is 0 Å². The highest BCUT2D eigenvalue weighted by Crippen LogP contribution is 2.38. The molecule has 104 valence electrons. The number of rotatable bonds is 3. The van der Waals surface area contributed by atoms with Crippen LogP contribution in [-0.4, -0.2) is 54.1 Å². The predicted octanol–water partition coefficient (Wildman–Crippen LogP) is 1.39. The molecule has 2 heterocycles. The van der Waals surface area contributed by atoms with Gasteiger partial charge in [0, 0.05) is 18.5 Å². The number of aliphatic hydroxyl groups excluding tert-OH is 1. The molecule has 18 heavy (non-hydrogen) atoms. The summed E-state index contributed by atoms with van der Waals surface area (Å²) >= 11 is 0. The Labute approximate surface area is 108 Å². The molecular formula is C13H23NO4. The minimum Gasteiger partial charge on any atom is -0.444 e. The van der Waals surface area contributed by atoms with Crippen molar-refractivity contribution in [3.8, 4) is 0 Å². The van der Waals surface area contributed by atoms with Gasteiger partial charge in [0.15, 0.2) is 0 Å². The van der Waals surface area contributed by atoms with Crippen LogP contribution in [0, 0.1) is 5.41 Å². The van der Waals surface area contributed by atoms with E-state index >= 15 is 0 Å². The van der Waals surface area contributed by atoms with E-state index in [0.717, 1.165) is 19.4 Å². The minimum atomic E-state index is -0.471. The van der Waals surface area contributed by atoms with Crippen LogP contribution in [0.4, 0.5) is 4.79 Å². The maximum Gasteiger partial charge on any atom is 0.410 e. The molecule has 1 N–H and O–H groups in total. The lowest BCUT2D eigenvalue weighted by molar-refractivity contribution is 0.0245. The predicted molar refractivity (Wildman–Crippen MR) is 66.3 cm³/mol. The molecule has 0 bridgehead atoms. The van der Waals surface area contributed by atoms with Crippen LogP contribution >= 0.6 is 0 Å². The number of likely N-dealkylation sites (tertiary alicyclic amines) is 1. The molecular weight excluding hydrogens is 234 g/mol. The highest BCUT2D eigenvalue weighted by Gasteiger charge is 2.44. The molecule has 2 unspecified atom stereocenters. The Balaban J connectivity index is 1.91. The Kier molecular flexibility index (Phi) is 3.56. The Morgan fingerprint density at radius 3 is 2.72 bits per heavy atom. The lowest BCUT2D eigenvalue weighted by Gasteiger charge is -2.28. The molecule has 2 atom stereocenters. The molecule has 0 aliphatic carbocycles. The molecule has 0 aromatic heterocycles. The van der Waals surface area contributed by atoms with Crippen molar-refractivity contribution in [3.63, 3.8) is 0 Å². The highest BCUT2D eigenvalue weighted by molar-refractivity contribution is 5.68. The zero-order valence-corrected chi connectivity index (χ0v) is 11.4. The number of amides is 1. The van der Waals surface area contributed by atoms with Gasteiger partial charge in [0.1, 0.15) is 5.60 Å². The summed E-state index contributed by atoms with van der Waals surface area (Å²) in [4.78, 5) is 13.7. The summed E-state index contributed by atoms with van der Waals surface area (Å²) < 4.78 is 10.6. The average molecular weight is 257 g/mol. The summed E-state index contributed by atoms with van der Waals surface area (Å²) in [6.07, 6.45) is 1.65. The standard InChI is InChI=1S/C13H23NO4/c1-12(2,3)18-11(16)14-5-4-13(8-14,9-15)6-10-7-17-10/h10,15H,4-9H2,1-3H3. The molecule has 5 heteroatoms. The van der Waals surface area contributed by atoms with Crippen molar-refractivity contribution < 1.29 is 19.4 Å². The van der Waals surface area contributed by atoms with Crippen molar-refractivity contribution in [2.75, 3.05) is 26.3 Å². The largest absolute Gasteiger partial charge is 0.444 e. The monoisotopic (exact) mass is 257 g/mol. The van der Waals surface area contributed by atoms with Crippen LogP contribution in [0.15, 0.2) is 0 Å². The van der Waals surface area contributed by atoms with Gasteiger partial charge in [-0.25, -0.2) is 4.79 Å².